The maximum Gasteiger partial charge on any atom is 0.322 e. The number of amides is 2. The van der Waals surface area contributed by atoms with Crippen molar-refractivity contribution in [2.45, 2.75) is 32.2 Å². The van der Waals surface area contributed by atoms with Gasteiger partial charge >= 0.3 is 6.03 Å². The summed E-state index contributed by atoms with van der Waals surface area (Å²) in [5.74, 6) is 0. The van der Waals surface area contributed by atoms with Crippen LogP contribution in [-0.2, 0) is 6.42 Å². The van der Waals surface area contributed by atoms with Crippen LogP contribution >= 0.6 is 22.9 Å². The zero-order valence-electron chi connectivity index (χ0n) is 12.6. The van der Waals surface area contributed by atoms with Gasteiger partial charge in [0.25, 0.3) is 0 Å². The molecule has 1 atom stereocenters. The van der Waals surface area contributed by atoms with Crippen LogP contribution in [-0.4, -0.2) is 23.0 Å². The fraction of sp³-hybridized carbons (Fsp3) is 0.375. The lowest BCUT2D eigenvalue weighted by molar-refractivity contribution is 0.198. The summed E-state index contributed by atoms with van der Waals surface area (Å²) in [5, 5.41) is 4.64. The van der Waals surface area contributed by atoms with Gasteiger partial charge in [0.15, 0.2) is 0 Å². The number of benzene rings is 1. The Morgan fingerprint density at radius 2 is 2.14 bits per heavy atom. The Balaban J connectivity index is 1.75. The van der Waals surface area contributed by atoms with Crippen LogP contribution < -0.4 is 5.32 Å². The molecule has 0 saturated heterocycles. The molecule has 0 aliphatic heterocycles. The molecule has 3 rings (SSSR count). The SMILES string of the molecule is Cc1nc2c(s1)C(N(C)C(=O)Nc1ccc(Cl)cc1)CCC2. The maximum absolute atomic E-state index is 12.5. The quantitative estimate of drug-likeness (QED) is 0.868. The highest BCUT2D eigenvalue weighted by molar-refractivity contribution is 7.11. The van der Waals surface area contributed by atoms with Crippen LogP contribution in [0.2, 0.25) is 5.02 Å². The first-order chi connectivity index (χ1) is 10.5. The predicted octanol–water partition coefficient (Wildman–Crippen LogP) is 4.65. The molecular weight excluding hydrogens is 318 g/mol. The molecule has 116 valence electrons. The fourth-order valence-corrected chi connectivity index (χ4v) is 4.05. The molecule has 1 aromatic heterocycles. The number of aryl methyl sites for hydroxylation is 2. The van der Waals surface area contributed by atoms with Crippen molar-refractivity contribution in [1.82, 2.24) is 9.88 Å². The number of nitrogens with one attached hydrogen (secondary N) is 1. The summed E-state index contributed by atoms with van der Waals surface area (Å²) in [4.78, 5) is 20.1. The number of nitrogens with zero attached hydrogens (tertiary/aromatic N) is 2. The van der Waals surface area contributed by atoms with Crippen molar-refractivity contribution < 1.29 is 4.79 Å². The van der Waals surface area contributed by atoms with Crippen LogP contribution in [0.4, 0.5) is 10.5 Å². The summed E-state index contributed by atoms with van der Waals surface area (Å²) in [6.45, 7) is 2.02. The van der Waals surface area contributed by atoms with E-state index in [4.69, 9.17) is 11.6 Å². The molecule has 1 aliphatic carbocycles. The van der Waals surface area contributed by atoms with E-state index in [1.807, 2.05) is 14.0 Å². The third-order valence-corrected chi connectivity index (χ3v) is 5.28. The Kier molecular flexibility index (Phi) is 4.36. The number of halogens is 1. The standard InChI is InChI=1S/C16H18ClN3OS/c1-10-18-13-4-3-5-14(15(13)22-10)20(2)16(21)19-12-8-6-11(17)7-9-12/h6-9,14H,3-5H2,1-2H3,(H,19,21). The van der Waals surface area contributed by atoms with Gasteiger partial charge in [-0.15, -0.1) is 11.3 Å². The molecule has 2 amide bonds. The van der Waals surface area contributed by atoms with E-state index in [1.54, 1.807) is 40.5 Å². The van der Waals surface area contributed by atoms with E-state index >= 15 is 0 Å². The maximum atomic E-state index is 12.5. The van der Waals surface area contributed by atoms with Crippen LogP contribution in [0.5, 0.6) is 0 Å². The molecule has 1 aliphatic rings. The first-order valence-corrected chi connectivity index (χ1v) is 8.49. The molecule has 0 radical (unpaired) electrons. The highest BCUT2D eigenvalue weighted by atomic mass is 35.5. The van der Waals surface area contributed by atoms with E-state index in [-0.39, 0.29) is 12.1 Å². The number of anilines is 1. The normalized spacial score (nSPS) is 17.0. The van der Waals surface area contributed by atoms with E-state index in [2.05, 4.69) is 10.3 Å². The Labute approximate surface area is 139 Å². The van der Waals surface area contributed by atoms with Gasteiger partial charge in [-0.1, -0.05) is 11.6 Å². The van der Waals surface area contributed by atoms with Crippen molar-refractivity contribution in [3.63, 3.8) is 0 Å². The Hall–Kier alpha value is -1.59. The molecule has 2 aromatic rings. The highest BCUT2D eigenvalue weighted by Crippen LogP contribution is 2.37. The molecule has 0 spiro atoms. The second-order valence-corrected chi connectivity index (χ2v) is 7.17. The number of urea groups is 1. The van der Waals surface area contributed by atoms with E-state index < -0.39 is 0 Å². The monoisotopic (exact) mass is 335 g/mol. The second kappa shape index (κ2) is 6.26. The van der Waals surface area contributed by atoms with E-state index in [0.29, 0.717) is 5.02 Å². The molecule has 1 aromatic carbocycles. The van der Waals surface area contributed by atoms with Crippen LogP contribution in [0.25, 0.3) is 0 Å². The van der Waals surface area contributed by atoms with Crippen LogP contribution in [0, 0.1) is 6.92 Å². The van der Waals surface area contributed by atoms with Crippen molar-refractivity contribution in [2.24, 2.45) is 0 Å². The first kappa shape index (κ1) is 15.3. The highest BCUT2D eigenvalue weighted by Gasteiger charge is 2.29. The lowest BCUT2D eigenvalue weighted by Crippen LogP contribution is -2.36. The minimum Gasteiger partial charge on any atom is -0.320 e. The zero-order valence-corrected chi connectivity index (χ0v) is 14.2. The summed E-state index contributed by atoms with van der Waals surface area (Å²) in [6, 6.07) is 7.15. The average molecular weight is 336 g/mol. The number of hydrogen-bond donors (Lipinski definition) is 1. The number of thiazole rings is 1. The lowest BCUT2D eigenvalue weighted by atomic mass is 9.97. The molecular formula is C16H18ClN3OS. The van der Waals surface area contributed by atoms with Crippen molar-refractivity contribution in [1.29, 1.82) is 0 Å². The average Bonchev–Trinajstić information content (AvgIpc) is 2.88. The Morgan fingerprint density at radius 3 is 2.86 bits per heavy atom. The summed E-state index contributed by atoms with van der Waals surface area (Å²) in [6.07, 6.45) is 3.07. The molecule has 4 nitrogen and oxygen atoms in total. The molecule has 22 heavy (non-hydrogen) atoms. The van der Waals surface area contributed by atoms with Crippen molar-refractivity contribution in [3.8, 4) is 0 Å². The van der Waals surface area contributed by atoms with Crippen LogP contribution in [0.15, 0.2) is 24.3 Å². The number of carbonyl (C=O) groups excluding carboxylic acids is 1. The number of aromatic nitrogens is 1. The van der Waals surface area contributed by atoms with Gasteiger partial charge < -0.3 is 10.2 Å². The summed E-state index contributed by atoms with van der Waals surface area (Å²) >= 11 is 7.56. The van der Waals surface area contributed by atoms with E-state index in [1.165, 1.54) is 4.88 Å². The minimum atomic E-state index is -0.105. The van der Waals surface area contributed by atoms with Gasteiger partial charge in [0.2, 0.25) is 0 Å². The number of rotatable bonds is 2. The van der Waals surface area contributed by atoms with E-state index in [0.717, 1.165) is 35.7 Å². The topological polar surface area (TPSA) is 45.2 Å². The fourth-order valence-electron chi connectivity index (χ4n) is 2.78. The Bertz CT molecular complexity index is 683. The molecule has 0 bridgehead atoms. The van der Waals surface area contributed by atoms with Gasteiger partial charge in [0, 0.05) is 17.8 Å². The number of hydrogen-bond acceptors (Lipinski definition) is 3. The number of carbonyl (C=O) groups is 1. The third kappa shape index (κ3) is 3.10. The summed E-state index contributed by atoms with van der Waals surface area (Å²) < 4.78 is 0. The van der Waals surface area contributed by atoms with Crippen molar-refractivity contribution in [2.75, 3.05) is 12.4 Å². The number of fused-ring (bicyclic) bond motifs is 1. The first-order valence-electron chi connectivity index (χ1n) is 7.30. The van der Waals surface area contributed by atoms with Crippen LogP contribution in [0.1, 0.15) is 34.5 Å². The second-order valence-electron chi connectivity index (χ2n) is 5.50. The minimum absolute atomic E-state index is 0.105. The molecule has 6 heteroatoms. The predicted molar refractivity (Wildman–Crippen MR) is 90.8 cm³/mol. The smallest absolute Gasteiger partial charge is 0.320 e. The third-order valence-electron chi connectivity index (χ3n) is 3.91. The van der Waals surface area contributed by atoms with Gasteiger partial charge in [-0.3, -0.25) is 0 Å². The Morgan fingerprint density at radius 1 is 1.41 bits per heavy atom. The van der Waals surface area contributed by atoms with Gasteiger partial charge in [-0.05, 0) is 50.5 Å². The summed E-state index contributed by atoms with van der Waals surface area (Å²) in [7, 11) is 1.85. The van der Waals surface area contributed by atoms with Gasteiger partial charge in [0.1, 0.15) is 0 Å². The van der Waals surface area contributed by atoms with Gasteiger partial charge in [-0.2, -0.15) is 0 Å². The van der Waals surface area contributed by atoms with Gasteiger partial charge in [0.05, 0.1) is 21.6 Å². The largest absolute Gasteiger partial charge is 0.322 e. The molecule has 0 saturated carbocycles. The molecule has 0 fully saturated rings. The van der Waals surface area contributed by atoms with E-state index in [9.17, 15) is 4.79 Å². The van der Waals surface area contributed by atoms with Crippen LogP contribution in [0.3, 0.4) is 0 Å². The lowest BCUT2D eigenvalue weighted by Gasteiger charge is -2.30. The molecule has 1 N–H and O–H groups in total. The zero-order chi connectivity index (χ0) is 15.7. The summed E-state index contributed by atoms with van der Waals surface area (Å²) in [5.41, 5.74) is 1.91. The molecule has 1 unspecified atom stereocenters. The molecule has 1 heterocycles. The van der Waals surface area contributed by atoms with Gasteiger partial charge in [-0.25, -0.2) is 9.78 Å². The van der Waals surface area contributed by atoms with Crippen molar-refractivity contribution >= 4 is 34.7 Å². The van der Waals surface area contributed by atoms with Crippen molar-refractivity contribution in [3.05, 3.63) is 44.9 Å².